The van der Waals surface area contributed by atoms with Crippen molar-refractivity contribution < 1.29 is 20.1 Å². The summed E-state index contributed by atoms with van der Waals surface area (Å²) in [5.74, 6) is 0. The van der Waals surface area contributed by atoms with Crippen LogP contribution < -0.4 is 11.2 Å². The van der Waals surface area contributed by atoms with Gasteiger partial charge in [0, 0.05) is 0 Å². The van der Waals surface area contributed by atoms with Crippen molar-refractivity contribution in [3.05, 3.63) is 20.8 Å². The van der Waals surface area contributed by atoms with Crippen molar-refractivity contribution in [1.29, 1.82) is 0 Å². The molecule has 1 saturated heterocycles. The van der Waals surface area contributed by atoms with Gasteiger partial charge in [0.25, 0.3) is 5.56 Å². The molecule has 0 aromatic carbocycles. The van der Waals surface area contributed by atoms with Crippen molar-refractivity contribution >= 4 is 11.8 Å². The van der Waals surface area contributed by atoms with Crippen molar-refractivity contribution in [3.63, 3.8) is 0 Å². The molecule has 2 heterocycles. The Morgan fingerprint density at radius 1 is 1.28 bits per heavy atom. The Morgan fingerprint density at radius 3 is 2.67 bits per heavy atom. The highest BCUT2D eigenvalue weighted by Crippen LogP contribution is 2.27. The van der Waals surface area contributed by atoms with Crippen molar-refractivity contribution in [2.75, 3.05) is 6.61 Å². The van der Waals surface area contributed by atoms with Gasteiger partial charge in [0.05, 0.1) is 6.61 Å². The van der Waals surface area contributed by atoms with Crippen LogP contribution in [0.25, 0.3) is 0 Å². The first-order chi connectivity index (χ1) is 8.49. The van der Waals surface area contributed by atoms with E-state index < -0.39 is 35.0 Å². The van der Waals surface area contributed by atoms with Gasteiger partial charge in [-0.3, -0.25) is 9.78 Å². The van der Waals surface area contributed by atoms with E-state index in [2.05, 4.69) is 5.10 Å². The summed E-state index contributed by atoms with van der Waals surface area (Å²) in [7, 11) is 0. The fraction of sp³-hybridized carbons (Fsp3) is 0.625. The fourth-order valence-electron chi connectivity index (χ4n) is 1.41. The zero-order valence-corrected chi connectivity index (χ0v) is 9.75. The van der Waals surface area contributed by atoms with E-state index in [1.165, 1.54) is 0 Å². The third-order valence-corrected chi connectivity index (χ3v) is 3.51. The predicted octanol–water partition coefficient (Wildman–Crippen LogP) is -3.01. The highest BCUT2D eigenvalue weighted by molar-refractivity contribution is 7.99. The highest BCUT2D eigenvalue weighted by atomic mass is 32.2. The normalized spacial score (nSPS) is 32.4. The largest absolute Gasteiger partial charge is 0.388 e. The van der Waals surface area contributed by atoms with Crippen LogP contribution in [0.3, 0.4) is 0 Å². The van der Waals surface area contributed by atoms with Gasteiger partial charge in [0.1, 0.15) is 23.7 Å². The molecule has 1 aromatic rings. The van der Waals surface area contributed by atoms with Gasteiger partial charge in [-0.2, -0.15) is 5.10 Å². The average molecular weight is 277 g/mol. The number of aliphatic hydroxyl groups is 3. The molecule has 18 heavy (non-hydrogen) atoms. The topological polar surface area (TPSA) is 149 Å². The molecule has 0 spiro atoms. The number of thioether (sulfide) groups is 1. The van der Waals surface area contributed by atoms with Crippen LogP contribution in [0.5, 0.6) is 0 Å². The van der Waals surface area contributed by atoms with E-state index >= 15 is 0 Å². The van der Waals surface area contributed by atoms with E-state index in [1.54, 1.807) is 0 Å². The molecule has 0 amide bonds. The van der Waals surface area contributed by atoms with E-state index in [0.717, 1.165) is 11.8 Å². The zero-order chi connectivity index (χ0) is 13.3. The molecule has 100 valence electrons. The second-order valence-electron chi connectivity index (χ2n) is 3.68. The standard InChI is InChI=1S/C8H11N3O6S/c12-2-1-17-7(4(14)3(2)13)18-6-5(15)9-8(16)11-10-6/h2-4,7,12-14H,1H2,(H2,9,11,15,16)/t2-,3+,4+,7+/m1/s1. The first-order valence-corrected chi connectivity index (χ1v) is 5.88. The monoisotopic (exact) mass is 277 g/mol. The van der Waals surface area contributed by atoms with Gasteiger partial charge >= 0.3 is 5.69 Å². The van der Waals surface area contributed by atoms with Gasteiger partial charge in [-0.1, -0.05) is 11.8 Å². The molecule has 1 aliphatic heterocycles. The Balaban J connectivity index is 2.14. The Bertz CT molecular complexity index is 530. The first kappa shape index (κ1) is 13.2. The Morgan fingerprint density at radius 2 is 2.00 bits per heavy atom. The minimum absolute atomic E-state index is 0.109. The van der Waals surface area contributed by atoms with Gasteiger partial charge in [0.15, 0.2) is 5.03 Å². The van der Waals surface area contributed by atoms with Crippen molar-refractivity contribution in [3.8, 4) is 0 Å². The summed E-state index contributed by atoms with van der Waals surface area (Å²) in [5, 5.41) is 33.8. The lowest BCUT2D eigenvalue weighted by Gasteiger charge is -2.34. The number of H-pyrrole nitrogens is 2. The Kier molecular flexibility index (Phi) is 3.82. The summed E-state index contributed by atoms with van der Waals surface area (Å²) in [6, 6.07) is 0. The summed E-state index contributed by atoms with van der Waals surface area (Å²) < 4.78 is 5.08. The van der Waals surface area contributed by atoms with Gasteiger partial charge in [-0.25, -0.2) is 9.89 Å². The molecular weight excluding hydrogens is 266 g/mol. The van der Waals surface area contributed by atoms with Gasteiger partial charge < -0.3 is 20.1 Å². The summed E-state index contributed by atoms with van der Waals surface area (Å²) in [6.45, 7) is -0.169. The van der Waals surface area contributed by atoms with E-state index in [9.17, 15) is 24.9 Å². The van der Waals surface area contributed by atoms with E-state index in [1.807, 2.05) is 10.1 Å². The quantitative estimate of drug-likeness (QED) is 0.384. The molecule has 0 saturated carbocycles. The fourth-order valence-corrected chi connectivity index (χ4v) is 2.33. The van der Waals surface area contributed by atoms with Gasteiger partial charge in [-0.05, 0) is 0 Å². The lowest BCUT2D eigenvalue weighted by atomic mass is 10.1. The number of hydrogen-bond donors (Lipinski definition) is 5. The first-order valence-electron chi connectivity index (χ1n) is 5.00. The summed E-state index contributed by atoms with van der Waals surface area (Å²) in [4.78, 5) is 24.1. The van der Waals surface area contributed by atoms with E-state index in [-0.39, 0.29) is 11.6 Å². The van der Waals surface area contributed by atoms with Gasteiger partial charge in [-0.15, -0.1) is 0 Å². The smallest absolute Gasteiger partial charge is 0.342 e. The minimum Gasteiger partial charge on any atom is -0.388 e. The molecule has 0 unspecified atom stereocenters. The molecule has 1 aromatic heterocycles. The van der Waals surface area contributed by atoms with Crippen molar-refractivity contribution in [2.24, 2.45) is 0 Å². The molecule has 0 radical (unpaired) electrons. The number of aromatic nitrogens is 3. The van der Waals surface area contributed by atoms with Crippen LogP contribution in [0.1, 0.15) is 0 Å². The summed E-state index contributed by atoms with van der Waals surface area (Å²) >= 11 is 0.745. The third-order valence-electron chi connectivity index (χ3n) is 2.36. The number of hydrogen-bond acceptors (Lipinski definition) is 8. The number of ether oxygens (including phenoxy) is 1. The molecule has 1 aliphatic rings. The number of nitrogens with zero attached hydrogens (tertiary/aromatic N) is 1. The van der Waals surface area contributed by atoms with Crippen LogP contribution in [0.2, 0.25) is 0 Å². The van der Waals surface area contributed by atoms with E-state index in [0.29, 0.717) is 0 Å². The molecule has 1 fully saturated rings. The second kappa shape index (κ2) is 5.20. The summed E-state index contributed by atoms with van der Waals surface area (Å²) in [5.41, 5.74) is -2.42. The maximum atomic E-state index is 11.4. The molecule has 9 nitrogen and oxygen atoms in total. The maximum absolute atomic E-state index is 11.4. The molecular formula is C8H11N3O6S. The van der Waals surface area contributed by atoms with E-state index in [4.69, 9.17) is 4.74 Å². The molecule has 0 bridgehead atoms. The maximum Gasteiger partial charge on any atom is 0.342 e. The minimum atomic E-state index is -1.37. The Labute approximate surface area is 104 Å². The van der Waals surface area contributed by atoms with Crippen LogP contribution in [-0.4, -0.2) is 60.9 Å². The van der Waals surface area contributed by atoms with Crippen molar-refractivity contribution in [2.45, 2.75) is 28.8 Å². The number of rotatable bonds is 2. The van der Waals surface area contributed by atoms with Crippen LogP contribution in [0.4, 0.5) is 0 Å². The molecule has 0 aliphatic carbocycles. The third kappa shape index (κ3) is 2.62. The predicted molar refractivity (Wildman–Crippen MR) is 59.1 cm³/mol. The Hall–Kier alpha value is -1.20. The SMILES string of the molecule is O=c1[nH]nc(S[C@@H]2OC[C@@H](O)[C@H](O)[C@@H]2O)c(=O)[nH]1. The number of aromatic amines is 2. The van der Waals surface area contributed by atoms with Crippen molar-refractivity contribution in [1.82, 2.24) is 15.2 Å². The lowest BCUT2D eigenvalue weighted by Crippen LogP contribution is -2.51. The van der Waals surface area contributed by atoms with Crippen LogP contribution in [0.15, 0.2) is 14.6 Å². The average Bonchev–Trinajstić information content (AvgIpc) is 2.33. The van der Waals surface area contributed by atoms with Crippen LogP contribution >= 0.6 is 11.8 Å². The van der Waals surface area contributed by atoms with Crippen LogP contribution in [-0.2, 0) is 4.74 Å². The second-order valence-corrected chi connectivity index (χ2v) is 4.77. The molecule has 2 rings (SSSR count). The molecule has 5 N–H and O–H groups in total. The van der Waals surface area contributed by atoms with Crippen LogP contribution in [0, 0.1) is 0 Å². The number of aliphatic hydroxyl groups excluding tert-OH is 3. The van der Waals surface area contributed by atoms with Gasteiger partial charge in [0.2, 0.25) is 0 Å². The molecule has 10 heteroatoms. The highest BCUT2D eigenvalue weighted by Gasteiger charge is 2.38. The number of nitrogens with one attached hydrogen (secondary N) is 2. The zero-order valence-electron chi connectivity index (χ0n) is 8.94. The summed E-state index contributed by atoms with van der Waals surface area (Å²) in [6.07, 6.45) is -3.91. The molecule has 4 atom stereocenters. The lowest BCUT2D eigenvalue weighted by molar-refractivity contribution is -0.161.